The molecule has 4 saturated carbocycles. The van der Waals surface area contributed by atoms with Crippen molar-refractivity contribution in [3.05, 3.63) is 23.3 Å². The Hall–Kier alpha value is -2.22. The van der Waals surface area contributed by atoms with Gasteiger partial charge in [-0.2, -0.15) is 5.26 Å². The minimum absolute atomic E-state index is 0.0356. The van der Waals surface area contributed by atoms with Crippen molar-refractivity contribution in [2.45, 2.75) is 105 Å². The molecule has 0 aliphatic heterocycles. The molecule has 7 atom stereocenters. The Kier molecular flexibility index (Phi) is 5.65. The standard InChI is InChI=1S/C34H46N2O3/c1-29(2)11-13-33(10-8-26(38)36-6)14-12-32(5)27(22(33)19-29)23(37)17-25-30(3)18-21(20-35)28(39)34(15-16-34)24(30)7-9-31(25,32)4/h17-18,22,24,27H,7-16,19H2,1-6H3,(H,36,38)/t22-,24+,27-,30-,31+,32+,33+/m0/s1. The van der Waals surface area contributed by atoms with Gasteiger partial charge < -0.3 is 5.32 Å². The zero-order valence-corrected chi connectivity index (χ0v) is 24.8. The SMILES string of the molecule is CNC(=O)CC[C@]12CCC(C)(C)C[C@H]1[C@H]1C(=O)C=C3[C@@]4(C)C=C(C#N)C(=O)C5(CC5)[C@@H]4CC[C@@]3(C)[C@]1(C)CC2. The summed E-state index contributed by atoms with van der Waals surface area (Å²) in [4.78, 5) is 40.2. The number of carbonyl (C=O) groups is 3. The van der Waals surface area contributed by atoms with Crippen molar-refractivity contribution in [1.82, 2.24) is 5.32 Å². The molecule has 0 saturated heterocycles. The lowest BCUT2D eigenvalue weighted by Crippen LogP contribution is -2.64. The third kappa shape index (κ3) is 3.39. The second-order valence-electron chi connectivity index (χ2n) is 15.7. The molecule has 0 aromatic heterocycles. The number of ketones is 2. The molecule has 4 fully saturated rings. The normalized spacial score (nSPS) is 45.0. The van der Waals surface area contributed by atoms with Gasteiger partial charge in [-0.15, -0.1) is 0 Å². The number of carbonyl (C=O) groups excluding carboxylic acids is 3. The predicted octanol–water partition coefficient (Wildman–Crippen LogP) is 6.49. The van der Waals surface area contributed by atoms with Gasteiger partial charge in [0.2, 0.25) is 5.91 Å². The summed E-state index contributed by atoms with van der Waals surface area (Å²) in [5.74, 6) is 0.788. The molecule has 0 aromatic carbocycles. The molecule has 5 heteroatoms. The molecule has 1 amide bonds. The summed E-state index contributed by atoms with van der Waals surface area (Å²) in [6.07, 6.45) is 14.4. The molecule has 0 unspecified atom stereocenters. The highest BCUT2D eigenvalue weighted by molar-refractivity contribution is 6.06. The molecule has 210 valence electrons. The van der Waals surface area contributed by atoms with Crippen LogP contribution in [0.25, 0.3) is 0 Å². The first-order chi connectivity index (χ1) is 18.2. The van der Waals surface area contributed by atoms with Crippen LogP contribution >= 0.6 is 0 Å². The first-order valence-electron chi connectivity index (χ1n) is 15.4. The van der Waals surface area contributed by atoms with Crippen molar-refractivity contribution in [3.63, 3.8) is 0 Å². The molecule has 0 heterocycles. The lowest BCUT2D eigenvalue weighted by Gasteiger charge is -2.69. The molecule has 1 N–H and O–H groups in total. The van der Waals surface area contributed by atoms with Crippen LogP contribution < -0.4 is 5.32 Å². The quantitative estimate of drug-likeness (QED) is 0.452. The maximum atomic E-state index is 14.5. The number of allylic oxidation sites excluding steroid dienone is 4. The smallest absolute Gasteiger partial charge is 0.219 e. The third-order valence-electron chi connectivity index (χ3n) is 13.6. The number of rotatable bonds is 3. The fourth-order valence-corrected chi connectivity index (χ4v) is 11.0. The first kappa shape index (κ1) is 27.0. The largest absolute Gasteiger partial charge is 0.359 e. The summed E-state index contributed by atoms with van der Waals surface area (Å²) in [5.41, 5.74) is 0.526. The Labute approximate surface area is 234 Å². The van der Waals surface area contributed by atoms with Crippen molar-refractivity contribution >= 4 is 17.5 Å². The fourth-order valence-electron chi connectivity index (χ4n) is 11.0. The molecule has 0 aromatic rings. The van der Waals surface area contributed by atoms with E-state index in [0.717, 1.165) is 64.2 Å². The number of Topliss-reactive ketones (excluding diaryl/α,β-unsaturated/α-hetero) is 1. The number of fused-ring (bicyclic) bond motifs is 8. The monoisotopic (exact) mass is 530 g/mol. The number of hydrogen-bond acceptors (Lipinski definition) is 4. The number of nitrogens with zero attached hydrogens (tertiary/aromatic N) is 1. The van der Waals surface area contributed by atoms with Crippen molar-refractivity contribution < 1.29 is 14.4 Å². The lowest BCUT2D eigenvalue weighted by molar-refractivity contribution is -0.172. The van der Waals surface area contributed by atoms with Gasteiger partial charge in [-0.3, -0.25) is 14.4 Å². The van der Waals surface area contributed by atoms with E-state index >= 15 is 0 Å². The fraction of sp³-hybridized carbons (Fsp3) is 0.765. The number of nitriles is 1. The van der Waals surface area contributed by atoms with E-state index < -0.39 is 10.8 Å². The molecule has 6 rings (SSSR count). The maximum Gasteiger partial charge on any atom is 0.219 e. The average molecular weight is 531 g/mol. The zero-order valence-electron chi connectivity index (χ0n) is 24.8. The van der Waals surface area contributed by atoms with Crippen molar-refractivity contribution in [3.8, 4) is 6.07 Å². The van der Waals surface area contributed by atoms with Crippen LogP contribution in [0.3, 0.4) is 0 Å². The summed E-state index contributed by atoms with van der Waals surface area (Å²) in [5, 5.41) is 12.8. The number of amides is 1. The summed E-state index contributed by atoms with van der Waals surface area (Å²) in [6.45, 7) is 11.7. The minimum atomic E-state index is -0.439. The van der Waals surface area contributed by atoms with Crippen LogP contribution in [0.2, 0.25) is 0 Å². The van der Waals surface area contributed by atoms with E-state index in [1.807, 2.05) is 12.2 Å². The van der Waals surface area contributed by atoms with Crippen LogP contribution in [0.4, 0.5) is 0 Å². The van der Waals surface area contributed by atoms with Crippen molar-refractivity contribution in [2.24, 2.45) is 50.2 Å². The van der Waals surface area contributed by atoms with Crippen LogP contribution in [-0.2, 0) is 14.4 Å². The van der Waals surface area contributed by atoms with Gasteiger partial charge in [0.05, 0.1) is 5.57 Å². The maximum absolute atomic E-state index is 14.5. The number of nitrogens with one attached hydrogen (secondary N) is 1. The molecule has 6 aliphatic rings. The summed E-state index contributed by atoms with van der Waals surface area (Å²) < 4.78 is 0. The van der Waals surface area contributed by atoms with Gasteiger partial charge in [0.15, 0.2) is 11.6 Å². The average Bonchev–Trinajstić information content (AvgIpc) is 3.68. The van der Waals surface area contributed by atoms with Crippen LogP contribution in [0.5, 0.6) is 0 Å². The van der Waals surface area contributed by atoms with Crippen LogP contribution in [0, 0.1) is 61.6 Å². The molecule has 39 heavy (non-hydrogen) atoms. The molecule has 6 aliphatic carbocycles. The van der Waals surface area contributed by atoms with Gasteiger partial charge in [-0.25, -0.2) is 0 Å². The molecule has 0 bridgehead atoms. The summed E-state index contributed by atoms with van der Waals surface area (Å²) in [7, 11) is 1.71. The number of hydrogen-bond donors (Lipinski definition) is 1. The van der Waals surface area contributed by atoms with E-state index in [9.17, 15) is 19.6 Å². The minimum Gasteiger partial charge on any atom is -0.359 e. The van der Waals surface area contributed by atoms with E-state index in [4.69, 9.17) is 0 Å². The van der Waals surface area contributed by atoms with Gasteiger partial charge in [-0.05, 0) is 104 Å². The van der Waals surface area contributed by atoms with E-state index in [1.54, 1.807) is 7.05 Å². The van der Waals surface area contributed by atoms with Crippen molar-refractivity contribution in [2.75, 3.05) is 7.05 Å². The van der Waals surface area contributed by atoms with Crippen molar-refractivity contribution in [1.29, 1.82) is 5.26 Å². The highest BCUT2D eigenvalue weighted by Gasteiger charge is 2.72. The van der Waals surface area contributed by atoms with Crippen LogP contribution in [-0.4, -0.2) is 24.5 Å². The predicted molar refractivity (Wildman–Crippen MR) is 150 cm³/mol. The molecule has 1 spiro atoms. The highest BCUT2D eigenvalue weighted by atomic mass is 16.1. The van der Waals surface area contributed by atoms with Gasteiger partial charge in [-0.1, -0.05) is 46.3 Å². The zero-order chi connectivity index (χ0) is 28.2. The van der Waals surface area contributed by atoms with Gasteiger partial charge in [0.25, 0.3) is 0 Å². The summed E-state index contributed by atoms with van der Waals surface area (Å²) in [6, 6.07) is 2.24. The first-order valence-corrected chi connectivity index (χ1v) is 15.4. The van der Waals surface area contributed by atoms with E-state index in [2.05, 4.69) is 46.0 Å². The molecule has 5 nitrogen and oxygen atoms in total. The van der Waals surface area contributed by atoms with Gasteiger partial charge in [0.1, 0.15) is 6.07 Å². The van der Waals surface area contributed by atoms with E-state index in [1.165, 1.54) is 5.57 Å². The Balaban J connectivity index is 1.47. The second kappa shape index (κ2) is 8.17. The second-order valence-corrected chi connectivity index (χ2v) is 15.7. The topological polar surface area (TPSA) is 87.0 Å². The van der Waals surface area contributed by atoms with Gasteiger partial charge in [0, 0.05) is 30.2 Å². The van der Waals surface area contributed by atoms with E-state index in [-0.39, 0.29) is 56.9 Å². The van der Waals surface area contributed by atoms with Crippen LogP contribution in [0.15, 0.2) is 23.3 Å². The molecular formula is C34H46N2O3. The van der Waals surface area contributed by atoms with Gasteiger partial charge >= 0.3 is 0 Å². The van der Waals surface area contributed by atoms with Crippen LogP contribution in [0.1, 0.15) is 105 Å². The highest BCUT2D eigenvalue weighted by Crippen LogP contribution is 2.77. The third-order valence-corrected chi connectivity index (χ3v) is 13.6. The lowest BCUT2D eigenvalue weighted by atomic mass is 9.34. The Morgan fingerprint density at radius 3 is 2.36 bits per heavy atom. The molecule has 0 radical (unpaired) electrons. The molecular weight excluding hydrogens is 484 g/mol. The Bertz CT molecular complexity index is 1260. The summed E-state index contributed by atoms with van der Waals surface area (Å²) >= 11 is 0. The Morgan fingerprint density at radius 1 is 1.03 bits per heavy atom. The Morgan fingerprint density at radius 2 is 1.72 bits per heavy atom. The van der Waals surface area contributed by atoms with E-state index in [0.29, 0.717) is 12.0 Å².